The predicted octanol–water partition coefficient (Wildman–Crippen LogP) is -0.956. The average Bonchev–Trinajstić information content (AvgIpc) is 2.78. The van der Waals surface area contributed by atoms with Crippen molar-refractivity contribution < 1.29 is 33.8 Å². The van der Waals surface area contributed by atoms with Gasteiger partial charge in [0.25, 0.3) is 5.91 Å². The van der Waals surface area contributed by atoms with Crippen molar-refractivity contribution in [1.82, 2.24) is 20.9 Å². The highest BCUT2D eigenvalue weighted by atomic mass is 16.5. The van der Waals surface area contributed by atoms with Gasteiger partial charge in [-0.2, -0.15) is 0 Å². The number of carbonyl (C=O) groups is 4. The van der Waals surface area contributed by atoms with E-state index < -0.39 is 48.2 Å². The second-order valence-electron chi connectivity index (χ2n) is 7.76. The van der Waals surface area contributed by atoms with Crippen molar-refractivity contribution in [3.05, 3.63) is 29.8 Å². The second kappa shape index (κ2) is 12.8. The lowest BCUT2D eigenvalue weighted by molar-refractivity contribution is -0.139. The van der Waals surface area contributed by atoms with Crippen LogP contribution in [0.3, 0.4) is 0 Å². The zero-order valence-electron chi connectivity index (χ0n) is 19.1. The van der Waals surface area contributed by atoms with E-state index in [4.69, 9.17) is 9.47 Å². The predicted molar refractivity (Wildman–Crippen MR) is 119 cm³/mol. The van der Waals surface area contributed by atoms with Crippen LogP contribution < -0.4 is 20.7 Å². The number of hydrogen-bond acceptors (Lipinski definition) is 7. The van der Waals surface area contributed by atoms with Crippen LogP contribution >= 0.6 is 0 Å². The van der Waals surface area contributed by atoms with E-state index in [0.29, 0.717) is 19.6 Å². The third kappa shape index (κ3) is 7.72. The smallest absolute Gasteiger partial charge is 0.255 e. The molecule has 0 bridgehead atoms. The molecule has 3 atom stereocenters. The molecule has 0 unspecified atom stereocenters. The van der Waals surface area contributed by atoms with E-state index in [-0.39, 0.29) is 24.5 Å². The first-order chi connectivity index (χ1) is 15.7. The number of fused-ring (bicyclic) bond motifs is 1. The Hall–Kier alpha value is -3.18. The molecule has 0 spiro atoms. The van der Waals surface area contributed by atoms with Gasteiger partial charge in [-0.05, 0) is 25.5 Å². The summed E-state index contributed by atoms with van der Waals surface area (Å²) in [6, 6.07) is 4.08. The molecule has 1 aliphatic rings. The monoisotopic (exact) mass is 464 g/mol. The second-order valence-corrected chi connectivity index (χ2v) is 7.76. The quantitative estimate of drug-likeness (QED) is 0.397. The van der Waals surface area contributed by atoms with Gasteiger partial charge in [-0.3, -0.25) is 19.2 Å². The molecule has 182 valence electrons. The molecule has 33 heavy (non-hydrogen) atoms. The number of aliphatic hydroxyl groups is 1. The van der Waals surface area contributed by atoms with Crippen LogP contribution in [0.25, 0.3) is 0 Å². The van der Waals surface area contributed by atoms with E-state index in [1.165, 1.54) is 18.9 Å². The molecule has 1 aromatic rings. The van der Waals surface area contributed by atoms with Crippen molar-refractivity contribution in [3.63, 3.8) is 0 Å². The number of carbonyl (C=O) groups excluding carboxylic acids is 4. The minimum Gasteiger partial charge on any atom is -0.491 e. The lowest BCUT2D eigenvalue weighted by atomic mass is 10.1. The highest BCUT2D eigenvalue weighted by Crippen LogP contribution is 2.18. The van der Waals surface area contributed by atoms with E-state index >= 15 is 0 Å². The van der Waals surface area contributed by atoms with Crippen LogP contribution in [0.15, 0.2) is 24.3 Å². The number of hydrogen-bond donors (Lipinski definition) is 4. The Balaban J connectivity index is 2.31. The molecule has 0 radical (unpaired) electrons. The van der Waals surface area contributed by atoms with E-state index in [1.54, 1.807) is 31.4 Å². The first-order valence-electron chi connectivity index (χ1n) is 10.8. The number of para-hydroxylation sites is 1. The minimum absolute atomic E-state index is 0.0798. The zero-order chi connectivity index (χ0) is 24.4. The fourth-order valence-electron chi connectivity index (χ4n) is 3.22. The number of nitrogens with one attached hydrogen (secondary N) is 3. The Labute approximate surface area is 192 Å². The summed E-state index contributed by atoms with van der Waals surface area (Å²) in [5.41, 5.74) is 0.197. The average molecular weight is 465 g/mol. The summed E-state index contributed by atoms with van der Waals surface area (Å²) < 4.78 is 10.7. The molecule has 11 heteroatoms. The molecule has 1 aromatic carbocycles. The molecule has 11 nitrogen and oxygen atoms in total. The summed E-state index contributed by atoms with van der Waals surface area (Å²) in [5.74, 6) is -2.02. The number of likely N-dealkylation sites (N-methyl/N-ethyl adjacent to an activating group) is 1. The van der Waals surface area contributed by atoms with Crippen molar-refractivity contribution in [2.45, 2.75) is 38.0 Å². The van der Waals surface area contributed by atoms with Crippen LogP contribution in [0.4, 0.5) is 0 Å². The number of aliphatic hydroxyl groups excluding tert-OH is 1. The summed E-state index contributed by atoms with van der Waals surface area (Å²) in [6.45, 7) is 2.36. The summed E-state index contributed by atoms with van der Waals surface area (Å²) >= 11 is 0. The van der Waals surface area contributed by atoms with E-state index in [1.807, 2.05) is 0 Å². The molecule has 1 heterocycles. The summed E-state index contributed by atoms with van der Waals surface area (Å²) in [4.78, 5) is 52.4. The van der Waals surface area contributed by atoms with Crippen molar-refractivity contribution in [2.24, 2.45) is 0 Å². The van der Waals surface area contributed by atoms with Gasteiger partial charge in [-0.25, -0.2) is 0 Å². The number of ether oxygens (including phenoxy) is 2. The molecule has 0 fully saturated rings. The van der Waals surface area contributed by atoms with Gasteiger partial charge < -0.3 is 35.4 Å². The number of nitrogens with zero attached hydrogens (tertiary/aromatic N) is 1. The maximum atomic E-state index is 12.9. The van der Waals surface area contributed by atoms with Crippen molar-refractivity contribution in [3.8, 4) is 5.75 Å². The normalized spacial score (nSPS) is 21.1. The van der Waals surface area contributed by atoms with Crippen LogP contribution in [-0.2, 0) is 19.1 Å². The number of rotatable bonds is 6. The molecule has 1 aliphatic heterocycles. The summed E-state index contributed by atoms with van der Waals surface area (Å²) in [7, 11) is 3.06. The summed E-state index contributed by atoms with van der Waals surface area (Å²) in [6.07, 6.45) is -1.05. The van der Waals surface area contributed by atoms with Gasteiger partial charge in [0.1, 0.15) is 24.4 Å². The van der Waals surface area contributed by atoms with Gasteiger partial charge in [0.15, 0.2) is 0 Å². The van der Waals surface area contributed by atoms with E-state index in [0.717, 1.165) is 0 Å². The molecule has 0 aromatic heterocycles. The van der Waals surface area contributed by atoms with Crippen molar-refractivity contribution in [2.75, 3.05) is 40.5 Å². The van der Waals surface area contributed by atoms with Crippen molar-refractivity contribution in [1.29, 1.82) is 0 Å². The lowest BCUT2D eigenvalue weighted by Crippen LogP contribution is -2.55. The van der Waals surface area contributed by atoms with Gasteiger partial charge in [0.2, 0.25) is 17.7 Å². The Kier molecular flexibility index (Phi) is 10.1. The molecule has 0 saturated heterocycles. The SMILES string of the molecule is COCCCNC(=O)[C@@H]1CC(=O)N[C@@H]([C@@H](C)O)C(=O)N(C)CCOc2ccccc2C(=O)N1. The minimum atomic E-state index is -1.21. The molecule has 4 N–H and O–H groups in total. The molecule has 2 rings (SSSR count). The Morgan fingerprint density at radius 2 is 2.03 bits per heavy atom. The molecular formula is C22H32N4O7. The highest BCUT2D eigenvalue weighted by molar-refractivity contribution is 6.01. The molecule has 0 aliphatic carbocycles. The number of benzene rings is 1. The van der Waals surface area contributed by atoms with Crippen LogP contribution in [-0.4, -0.2) is 92.3 Å². The third-order valence-electron chi connectivity index (χ3n) is 5.09. The lowest BCUT2D eigenvalue weighted by Gasteiger charge is -2.28. The van der Waals surface area contributed by atoms with E-state index in [9.17, 15) is 24.3 Å². The Morgan fingerprint density at radius 1 is 1.30 bits per heavy atom. The first-order valence-corrected chi connectivity index (χ1v) is 10.8. The topological polar surface area (TPSA) is 146 Å². The van der Waals surface area contributed by atoms with Gasteiger partial charge in [-0.1, -0.05) is 12.1 Å². The third-order valence-corrected chi connectivity index (χ3v) is 5.09. The fourth-order valence-corrected chi connectivity index (χ4v) is 3.22. The number of methoxy groups -OCH3 is 1. The maximum absolute atomic E-state index is 12.9. The zero-order valence-corrected chi connectivity index (χ0v) is 19.1. The highest BCUT2D eigenvalue weighted by Gasteiger charge is 2.31. The summed E-state index contributed by atoms with van der Waals surface area (Å²) in [5, 5.41) is 17.8. The maximum Gasteiger partial charge on any atom is 0.255 e. The van der Waals surface area contributed by atoms with Gasteiger partial charge in [-0.15, -0.1) is 0 Å². The molecule has 0 saturated carbocycles. The first kappa shape index (κ1) is 26.1. The molecular weight excluding hydrogens is 432 g/mol. The van der Waals surface area contributed by atoms with Crippen LogP contribution in [0.5, 0.6) is 5.75 Å². The van der Waals surface area contributed by atoms with Crippen LogP contribution in [0, 0.1) is 0 Å². The van der Waals surface area contributed by atoms with Crippen LogP contribution in [0.2, 0.25) is 0 Å². The number of amides is 4. The Morgan fingerprint density at radius 3 is 2.73 bits per heavy atom. The largest absolute Gasteiger partial charge is 0.491 e. The van der Waals surface area contributed by atoms with Gasteiger partial charge in [0.05, 0.1) is 24.6 Å². The van der Waals surface area contributed by atoms with Gasteiger partial charge >= 0.3 is 0 Å². The Bertz CT molecular complexity index is 846. The van der Waals surface area contributed by atoms with Crippen molar-refractivity contribution >= 4 is 23.6 Å². The van der Waals surface area contributed by atoms with E-state index in [2.05, 4.69) is 16.0 Å². The molecule has 4 amide bonds. The van der Waals surface area contributed by atoms with Crippen LogP contribution in [0.1, 0.15) is 30.1 Å². The standard InChI is InChI=1S/C22H32N4O7/c1-14(27)19-22(31)26(2)10-12-33-17-8-5-4-7-15(17)20(29)24-16(13-18(28)25-19)21(30)23-9-6-11-32-3/h4-5,7-8,14,16,19,27H,6,9-13H2,1-3H3,(H,23,30)(H,24,29)(H,25,28)/t14-,16+,19+/m1/s1. The fraction of sp³-hybridized carbons (Fsp3) is 0.545. The van der Waals surface area contributed by atoms with Gasteiger partial charge in [0, 0.05) is 27.3 Å².